The Balaban J connectivity index is 1.57. The molecule has 3 rings (SSSR count). The molecule has 1 aliphatic rings. The first-order chi connectivity index (χ1) is 11.1. The molecule has 1 atom stereocenters. The van der Waals surface area contributed by atoms with Crippen molar-refractivity contribution in [2.75, 3.05) is 13.1 Å². The maximum Gasteiger partial charge on any atom is 0.254 e. The van der Waals surface area contributed by atoms with E-state index in [1.54, 1.807) is 0 Å². The van der Waals surface area contributed by atoms with Crippen LogP contribution in [0.5, 0.6) is 0 Å². The molecule has 1 aliphatic heterocycles. The fourth-order valence-corrected chi connectivity index (χ4v) is 3.04. The van der Waals surface area contributed by atoms with Crippen molar-refractivity contribution in [2.24, 2.45) is 0 Å². The van der Waals surface area contributed by atoms with Gasteiger partial charge in [-0.2, -0.15) is 0 Å². The van der Waals surface area contributed by atoms with Crippen molar-refractivity contribution >= 4 is 17.5 Å². The van der Waals surface area contributed by atoms with Crippen LogP contribution in [-0.2, 0) is 6.54 Å². The first kappa shape index (κ1) is 16.0. The summed E-state index contributed by atoms with van der Waals surface area (Å²) in [5.74, 6) is -0.956. The summed E-state index contributed by atoms with van der Waals surface area (Å²) in [6.07, 6.45) is 0.862. The topological polar surface area (TPSA) is 32.3 Å². The Kier molecular flexibility index (Phi) is 4.94. The summed E-state index contributed by atoms with van der Waals surface area (Å²) in [5.41, 5.74) is 1.25. The van der Waals surface area contributed by atoms with Gasteiger partial charge in [0.05, 0.1) is 5.56 Å². The number of hydrogen-bond donors (Lipinski definition) is 1. The molecule has 120 valence electrons. The number of halogens is 2. The third-order valence-corrected chi connectivity index (χ3v) is 4.26. The van der Waals surface area contributed by atoms with Crippen LogP contribution < -0.4 is 5.32 Å². The molecule has 2 aromatic rings. The number of nitrogens with one attached hydrogen (secondary N) is 1. The van der Waals surface area contributed by atoms with Crippen LogP contribution in [0.1, 0.15) is 22.3 Å². The predicted molar refractivity (Wildman–Crippen MR) is 89.0 cm³/mol. The molecule has 0 aromatic heterocycles. The number of nitrogens with zero attached hydrogens (tertiary/aromatic N) is 1. The van der Waals surface area contributed by atoms with Gasteiger partial charge in [0, 0.05) is 30.7 Å². The summed E-state index contributed by atoms with van der Waals surface area (Å²) in [5, 5.41) is 3.25. The molecule has 2 aromatic carbocycles. The molecular weight excluding hydrogens is 315 g/mol. The van der Waals surface area contributed by atoms with E-state index in [0.717, 1.165) is 26.1 Å². The van der Waals surface area contributed by atoms with Gasteiger partial charge in [0.25, 0.3) is 5.91 Å². The largest absolute Gasteiger partial charge is 0.348 e. The van der Waals surface area contributed by atoms with E-state index in [4.69, 9.17) is 11.6 Å². The van der Waals surface area contributed by atoms with Crippen LogP contribution >= 0.6 is 11.6 Å². The number of likely N-dealkylation sites (tertiary alicyclic amines) is 1. The molecule has 0 bridgehead atoms. The van der Waals surface area contributed by atoms with Crippen LogP contribution in [-0.4, -0.2) is 29.9 Å². The van der Waals surface area contributed by atoms with Gasteiger partial charge in [0.1, 0.15) is 5.82 Å². The second-order valence-corrected chi connectivity index (χ2v) is 6.24. The smallest absolute Gasteiger partial charge is 0.254 e. The van der Waals surface area contributed by atoms with Crippen LogP contribution in [0.3, 0.4) is 0 Å². The van der Waals surface area contributed by atoms with Crippen molar-refractivity contribution in [3.63, 3.8) is 0 Å². The molecule has 3 nitrogen and oxygen atoms in total. The zero-order chi connectivity index (χ0) is 16.2. The summed E-state index contributed by atoms with van der Waals surface area (Å²) in [4.78, 5) is 14.5. The van der Waals surface area contributed by atoms with Gasteiger partial charge in [-0.1, -0.05) is 41.9 Å². The molecule has 0 saturated carbocycles. The van der Waals surface area contributed by atoms with E-state index < -0.39 is 11.7 Å². The minimum absolute atomic E-state index is 0.000917. The number of carbonyl (C=O) groups is 1. The van der Waals surface area contributed by atoms with Gasteiger partial charge in [-0.15, -0.1) is 0 Å². The third-order valence-electron chi connectivity index (χ3n) is 4.03. The van der Waals surface area contributed by atoms with Gasteiger partial charge in [-0.05, 0) is 30.2 Å². The fraction of sp³-hybridized carbons (Fsp3) is 0.278. The lowest BCUT2D eigenvalue weighted by atomic mass is 10.1. The number of rotatable bonds is 4. The highest BCUT2D eigenvalue weighted by Crippen LogP contribution is 2.17. The molecule has 5 heteroatoms. The predicted octanol–water partition coefficient (Wildman–Crippen LogP) is 3.48. The Bertz CT molecular complexity index is 693. The maximum absolute atomic E-state index is 13.7. The molecule has 1 heterocycles. The average molecular weight is 333 g/mol. The molecule has 0 radical (unpaired) electrons. The first-order valence-corrected chi connectivity index (χ1v) is 8.02. The Labute approximate surface area is 140 Å². The minimum atomic E-state index is -0.550. The summed E-state index contributed by atoms with van der Waals surface area (Å²) in [7, 11) is 0. The molecular formula is C18H18ClFN2O. The highest BCUT2D eigenvalue weighted by molar-refractivity contribution is 6.31. The summed E-state index contributed by atoms with van der Waals surface area (Å²) >= 11 is 5.84. The highest BCUT2D eigenvalue weighted by atomic mass is 35.5. The molecule has 1 amide bonds. The van der Waals surface area contributed by atoms with E-state index >= 15 is 0 Å². The van der Waals surface area contributed by atoms with Crippen molar-refractivity contribution in [1.82, 2.24) is 10.2 Å². The monoisotopic (exact) mass is 332 g/mol. The van der Waals surface area contributed by atoms with Crippen LogP contribution in [0.25, 0.3) is 0 Å². The lowest BCUT2D eigenvalue weighted by Gasteiger charge is -2.17. The van der Waals surface area contributed by atoms with Gasteiger partial charge >= 0.3 is 0 Å². The summed E-state index contributed by atoms with van der Waals surface area (Å²) < 4.78 is 13.7. The maximum atomic E-state index is 13.7. The highest BCUT2D eigenvalue weighted by Gasteiger charge is 2.25. The van der Waals surface area contributed by atoms with Gasteiger partial charge in [-0.25, -0.2) is 4.39 Å². The van der Waals surface area contributed by atoms with E-state index in [2.05, 4.69) is 22.3 Å². The zero-order valence-corrected chi connectivity index (χ0v) is 13.4. The van der Waals surface area contributed by atoms with Gasteiger partial charge in [-0.3, -0.25) is 9.69 Å². The van der Waals surface area contributed by atoms with Gasteiger partial charge in [0.15, 0.2) is 0 Å². The lowest BCUT2D eigenvalue weighted by Crippen LogP contribution is -2.37. The third kappa shape index (κ3) is 4.09. The Morgan fingerprint density at radius 3 is 2.83 bits per heavy atom. The molecule has 1 unspecified atom stereocenters. The lowest BCUT2D eigenvalue weighted by molar-refractivity contribution is 0.0933. The molecule has 1 saturated heterocycles. The van der Waals surface area contributed by atoms with Crippen LogP contribution in [0.2, 0.25) is 5.02 Å². The minimum Gasteiger partial charge on any atom is -0.348 e. The number of carbonyl (C=O) groups excluding carboxylic acids is 1. The van der Waals surface area contributed by atoms with Gasteiger partial charge in [0.2, 0.25) is 0 Å². The number of hydrogen-bond acceptors (Lipinski definition) is 2. The number of benzene rings is 2. The summed E-state index contributed by atoms with van der Waals surface area (Å²) in [6, 6.07) is 14.3. The zero-order valence-electron chi connectivity index (χ0n) is 12.6. The van der Waals surface area contributed by atoms with Crippen molar-refractivity contribution in [3.8, 4) is 0 Å². The van der Waals surface area contributed by atoms with Crippen molar-refractivity contribution < 1.29 is 9.18 Å². The second-order valence-electron chi connectivity index (χ2n) is 5.80. The van der Waals surface area contributed by atoms with E-state index in [9.17, 15) is 9.18 Å². The van der Waals surface area contributed by atoms with Crippen LogP contribution in [0, 0.1) is 5.82 Å². The quantitative estimate of drug-likeness (QED) is 0.929. The standard InChI is InChI=1S/C18H18ClFN2O/c19-14-6-7-17(20)16(10-14)18(23)21-15-8-9-22(12-15)11-13-4-2-1-3-5-13/h1-7,10,15H,8-9,11-12H2,(H,21,23). The summed E-state index contributed by atoms with van der Waals surface area (Å²) in [6.45, 7) is 2.54. The Morgan fingerprint density at radius 1 is 1.26 bits per heavy atom. The van der Waals surface area contributed by atoms with Gasteiger partial charge < -0.3 is 5.32 Å². The molecule has 0 spiro atoms. The average Bonchev–Trinajstić information content (AvgIpc) is 2.97. The molecule has 1 fully saturated rings. The van der Waals surface area contributed by atoms with Crippen molar-refractivity contribution in [2.45, 2.75) is 19.0 Å². The molecule has 1 N–H and O–H groups in total. The normalized spacial score (nSPS) is 18.1. The Morgan fingerprint density at radius 2 is 2.04 bits per heavy atom. The van der Waals surface area contributed by atoms with E-state index in [0.29, 0.717) is 5.02 Å². The second kappa shape index (κ2) is 7.11. The van der Waals surface area contributed by atoms with Crippen LogP contribution in [0.15, 0.2) is 48.5 Å². The SMILES string of the molecule is O=C(NC1CCN(Cc2ccccc2)C1)c1cc(Cl)ccc1F. The molecule has 0 aliphatic carbocycles. The number of amides is 1. The first-order valence-electron chi connectivity index (χ1n) is 7.64. The fourth-order valence-electron chi connectivity index (χ4n) is 2.87. The van der Waals surface area contributed by atoms with Crippen molar-refractivity contribution in [1.29, 1.82) is 0 Å². The van der Waals surface area contributed by atoms with E-state index in [1.165, 1.54) is 23.8 Å². The van der Waals surface area contributed by atoms with E-state index in [1.807, 2.05) is 18.2 Å². The van der Waals surface area contributed by atoms with Crippen LogP contribution in [0.4, 0.5) is 4.39 Å². The van der Waals surface area contributed by atoms with Crippen molar-refractivity contribution in [3.05, 3.63) is 70.5 Å². The molecule has 23 heavy (non-hydrogen) atoms. The Hall–Kier alpha value is -1.91. The van der Waals surface area contributed by atoms with E-state index in [-0.39, 0.29) is 11.6 Å².